The predicted molar refractivity (Wildman–Crippen MR) is 121 cm³/mol. The van der Waals surface area contributed by atoms with Gasteiger partial charge in [0.25, 0.3) is 0 Å². The van der Waals surface area contributed by atoms with Crippen molar-refractivity contribution in [2.45, 2.75) is 39.8 Å². The Morgan fingerprint density at radius 2 is 2.00 bits per heavy atom. The van der Waals surface area contributed by atoms with Crippen LogP contribution in [0.25, 0.3) is 0 Å². The van der Waals surface area contributed by atoms with Crippen molar-refractivity contribution >= 4 is 17.3 Å². The number of benzene rings is 1. The summed E-state index contributed by atoms with van der Waals surface area (Å²) in [4.78, 5) is 11.8. The first kappa shape index (κ1) is 21.7. The summed E-state index contributed by atoms with van der Waals surface area (Å²) in [6.07, 6.45) is 2.05. The zero-order chi connectivity index (χ0) is 20.3. The Bertz CT molecular complexity index is 770. The van der Waals surface area contributed by atoms with Gasteiger partial charge in [-0.05, 0) is 31.4 Å². The van der Waals surface area contributed by atoms with Gasteiger partial charge in [-0.2, -0.15) is 0 Å². The van der Waals surface area contributed by atoms with Crippen LogP contribution in [0.15, 0.2) is 34.6 Å². The fourth-order valence-corrected chi connectivity index (χ4v) is 4.15. The van der Waals surface area contributed by atoms with Gasteiger partial charge in [-0.3, -0.25) is 4.90 Å². The molecule has 2 N–H and O–H groups in total. The Labute approximate surface area is 178 Å². The Kier molecular flexibility index (Phi) is 8.92. The normalized spacial score (nSPS) is 15.4. The number of hydrogen-bond donors (Lipinski definition) is 2. The van der Waals surface area contributed by atoms with E-state index in [4.69, 9.17) is 9.73 Å². The lowest BCUT2D eigenvalue weighted by Gasteiger charge is -2.27. The number of morpholine rings is 1. The molecule has 2 aromatic rings. The molecule has 0 bridgehead atoms. The maximum atomic E-state index is 5.47. The third-order valence-corrected chi connectivity index (χ3v) is 5.92. The minimum atomic E-state index is 0.682. The molecule has 1 saturated heterocycles. The minimum absolute atomic E-state index is 0.682. The van der Waals surface area contributed by atoms with Crippen molar-refractivity contribution in [3.05, 3.63) is 51.5 Å². The number of thiazole rings is 1. The van der Waals surface area contributed by atoms with Gasteiger partial charge < -0.3 is 15.4 Å². The number of aliphatic imine (C=N–C) groups is 1. The van der Waals surface area contributed by atoms with E-state index in [-0.39, 0.29) is 0 Å². The summed E-state index contributed by atoms with van der Waals surface area (Å²) in [6.45, 7) is 11.2. The van der Waals surface area contributed by atoms with Gasteiger partial charge in [-0.1, -0.05) is 24.3 Å². The van der Waals surface area contributed by atoms with Gasteiger partial charge in [-0.15, -0.1) is 11.3 Å². The largest absolute Gasteiger partial charge is 0.379 e. The fourth-order valence-electron chi connectivity index (χ4n) is 3.34. The van der Waals surface area contributed by atoms with Crippen molar-refractivity contribution < 1.29 is 4.74 Å². The van der Waals surface area contributed by atoms with Crippen LogP contribution >= 0.6 is 11.3 Å². The standard InChI is InChI=1S/C22H33N5OS/c1-3-23-22(24-10-6-9-21-26-18(2)17-29-21)25-15-19-7-4-5-8-20(19)16-27-11-13-28-14-12-27/h4-5,7-8,17H,3,6,9-16H2,1-2H3,(H2,23,24,25). The lowest BCUT2D eigenvalue weighted by Crippen LogP contribution is -2.38. The maximum Gasteiger partial charge on any atom is 0.191 e. The van der Waals surface area contributed by atoms with E-state index >= 15 is 0 Å². The van der Waals surface area contributed by atoms with E-state index < -0.39 is 0 Å². The van der Waals surface area contributed by atoms with Crippen LogP contribution in [-0.4, -0.2) is 55.2 Å². The Morgan fingerprint density at radius 3 is 2.72 bits per heavy atom. The molecule has 0 atom stereocenters. The quantitative estimate of drug-likeness (QED) is 0.375. The minimum Gasteiger partial charge on any atom is -0.379 e. The van der Waals surface area contributed by atoms with Gasteiger partial charge in [0.05, 0.1) is 24.8 Å². The molecule has 0 aliphatic carbocycles. The monoisotopic (exact) mass is 415 g/mol. The number of ether oxygens (including phenoxy) is 1. The molecule has 1 fully saturated rings. The van der Waals surface area contributed by atoms with Crippen molar-refractivity contribution in [1.82, 2.24) is 20.5 Å². The van der Waals surface area contributed by atoms with E-state index in [1.54, 1.807) is 11.3 Å². The zero-order valence-electron chi connectivity index (χ0n) is 17.6. The average Bonchev–Trinajstić information content (AvgIpc) is 3.16. The van der Waals surface area contributed by atoms with Crippen LogP contribution in [0, 0.1) is 6.92 Å². The van der Waals surface area contributed by atoms with Gasteiger partial charge in [0.15, 0.2) is 5.96 Å². The molecular formula is C22H33N5OS. The lowest BCUT2D eigenvalue weighted by atomic mass is 10.1. The molecule has 1 aromatic heterocycles. The van der Waals surface area contributed by atoms with Gasteiger partial charge in [-0.25, -0.2) is 9.98 Å². The molecule has 2 heterocycles. The third kappa shape index (κ3) is 7.42. The highest BCUT2D eigenvalue weighted by Gasteiger charge is 2.12. The Balaban J connectivity index is 1.52. The van der Waals surface area contributed by atoms with Crippen LogP contribution < -0.4 is 10.6 Å². The highest BCUT2D eigenvalue weighted by atomic mass is 32.1. The fraction of sp³-hybridized carbons (Fsp3) is 0.545. The van der Waals surface area contributed by atoms with E-state index in [0.29, 0.717) is 6.54 Å². The third-order valence-electron chi connectivity index (χ3n) is 4.89. The van der Waals surface area contributed by atoms with E-state index in [0.717, 1.165) is 70.4 Å². The lowest BCUT2D eigenvalue weighted by molar-refractivity contribution is 0.0341. The topological polar surface area (TPSA) is 61.8 Å². The summed E-state index contributed by atoms with van der Waals surface area (Å²) < 4.78 is 5.47. The Hall–Kier alpha value is -1.96. The highest BCUT2D eigenvalue weighted by Crippen LogP contribution is 2.14. The van der Waals surface area contributed by atoms with Crippen molar-refractivity contribution in [3.63, 3.8) is 0 Å². The molecule has 1 aliphatic rings. The second kappa shape index (κ2) is 11.9. The van der Waals surface area contributed by atoms with Crippen molar-refractivity contribution in [2.24, 2.45) is 4.99 Å². The molecule has 158 valence electrons. The van der Waals surface area contributed by atoms with Gasteiger partial charge in [0.2, 0.25) is 0 Å². The summed E-state index contributed by atoms with van der Waals surface area (Å²) in [7, 11) is 0. The molecule has 6 nitrogen and oxygen atoms in total. The summed E-state index contributed by atoms with van der Waals surface area (Å²) in [5.74, 6) is 0.879. The number of rotatable bonds is 9. The van der Waals surface area contributed by atoms with Crippen LogP contribution in [0.2, 0.25) is 0 Å². The number of guanidine groups is 1. The van der Waals surface area contributed by atoms with Gasteiger partial charge >= 0.3 is 0 Å². The number of hydrogen-bond acceptors (Lipinski definition) is 5. The first-order valence-corrected chi connectivity index (χ1v) is 11.4. The molecule has 0 radical (unpaired) electrons. The highest BCUT2D eigenvalue weighted by molar-refractivity contribution is 7.09. The molecule has 1 aliphatic heterocycles. The molecule has 29 heavy (non-hydrogen) atoms. The average molecular weight is 416 g/mol. The van der Waals surface area contributed by atoms with E-state index in [9.17, 15) is 0 Å². The van der Waals surface area contributed by atoms with Gasteiger partial charge in [0, 0.05) is 50.2 Å². The summed E-state index contributed by atoms with van der Waals surface area (Å²) in [6, 6.07) is 8.63. The number of aromatic nitrogens is 1. The molecule has 0 unspecified atom stereocenters. The summed E-state index contributed by atoms with van der Waals surface area (Å²) >= 11 is 1.75. The predicted octanol–water partition coefficient (Wildman–Crippen LogP) is 2.97. The number of nitrogens with zero attached hydrogens (tertiary/aromatic N) is 3. The zero-order valence-corrected chi connectivity index (χ0v) is 18.4. The smallest absolute Gasteiger partial charge is 0.191 e. The van der Waals surface area contributed by atoms with E-state index in [2.05, 4.69) is 57.1 Å². The van der Waals surface area contributed by atoms with Crippen LogP contribution in [0.5, 0.6) is 0 Å². The molecule has 0 amide bonds. The maximum absolute atomic E-state index is 5.47. The van der Waals surface area contributed by atoms with Crippen LogP contribution in [0.3, 0.4) is 0 Å². The number of nitrogens with one attached hydrogen (secondary N) is 2. The molecule has 0 spiro atoms. The first-order valence-electron chi connectivity index (χ1n) is 10.5. The van der Waals surface area contributed by atoms with Crippen LogP contribution in [-0.2, 0) is 24.2 Å². The first-order chi connectivity index (χ1) is 14.2. The van der Waals surface area contributed by atoms with Crippen molar-refractivity contribution in [2.75, 3.05) is 39.4 Å². The molecule has 7 heteroatoms. The molecule has 3 rings (SSSR count). The van der Waals surface area contributed by atoms with Crippen molar-refractivity contribution in [1.29, 1.82) is 0 Å². The summed E-state index contributed by atoms with van der Waals surface area (Å²) in [5.41, 5.74) is 3.76. The van der Waals surface area contributed by atoms with E-state index in [1.165, 1.54) is 16.1 Å². The van der Waals surface area contributed by atoms with E-state index in [1.807, 2.05) is 6.92 Å². The number of aryl methyl sites for hydroxylation is 2. The van der Waals surface area contributed by atoms with Crippen LogP contribution in [0.4, 0.5) is 0 Å². The van der Waals surface area contributed by atoms with Crippen LogP contribution in [0.1, 0.15) is 35.2 Å². The van der Waals surface area contributed by atoms with Gasteiger partial charge in [0.1, 0.15) is 0 Å². The Morgan fingerprint density at radius 1 is 1.21 bits per heavy atom. The molecule has 1 aromatic carbocycles. The molecular weight excluding hydrogens is 382 g/mol. The second-order valence-corrected chi connectivity index (χ2v) is 8.21. The summed E-state index contributed by atoms with van der Waals surface area (Å²) in [5, 5.41) is 10.1. The van der Waals surface area contributed by atoms with Crippen molar-refractivity contribution in [3.8, 4) is 0 Å². The SMILES string of the molecule is CCNC(=NCc1ccccc1CN1CCOCC1)NCCCc1nc(C)cs1. The molecule has 0 saturated carbocycles. The second-order valence-electron chi connectivity index (χ2n) is 7.27.